The van der Waals surface area contributed by atoms with Crippen molar-refractivity contribution in [3.8, 4) is 0 Å². The molecule has 0 aromatic rings. The molecule has 0 aromatic carbocycles. The Morgan fingerprint density at radius 1 is 1.31 bits per heavy atom. The van der Waals surface area contributed by atoms with Crippen LogP contribution in [-0.2, 0) is 19.1 Å². The van der Waals surface area contributed by atoms with Gasteiger partial charge in [0.2, 0.25) is 0 Å². The van der Waals surface area contributed by atoms with Crippen LogP contribution in [0.15, 0.2) is 0 Å². The summed E-state index contributed by atoms with van der Waals surface area (Å²) in [5.74, 6) is -0.902. The summed E-state index contributed by atoms with van der Waals surface area (Å²) in [6.07, 6.45) is 1.06. The molecule has 1 aliphatic heterocycles. The van der Waals surface area contributed by atoms with E-state index in [1.54, 1.807) is 7.11 Å². The van der Waals surface area contributed by atoms with E-state index in [-0.39, 0.29) is 30.7 Å². The molecule has 0 spiro atoms. The van der Waals surface area contributed by atoms with Gasteiger partial charge in [-0.3, -0.25) is 14.5 Å². The van der Waals surface area contributed by atoms with Gasteiger partial charge in [0, 0.05) is 18.6 Å². The van der Waals surface area contributed by atoms with Gasteiger partial charge in [0.05, 0.1) is 19.2 Å². The lowest BCUT2D eigenvalue weighted by molar-refractivity contribution is -0.181. The number of hydrogen-bond acceptors (Lipinski definition) is 5. The van der Waals surface area contributed by atoms with Crippen molar-refractivity contribution in [1.82, 2.24) is 4.90 Å². The highest BCUT2D eigenvalue weighted by molar-refractivity contribution is 5.90. The van der Waals surface area contributed by atoms with E-state index < -0.39 is 11.9 Å². The van der Waals surface area contributed by atoms with E-state index >= 15 is 0 Å². The minimum Gasteiger partial charge on any atom is -0.391 e. The van der Waals surface area contributed by atoms with E-state index in [1.165, 1.54) is 0 Å². The average Bonchev–Trinajstić information content (AvgIpc) is 2.15. The van der Waals surface area contributed by atoms with Gasteiger partial charge in [0.15, 0.2) is 0 Å². The van der Waals surface area contributed by atoms with E-state index in [4.69, 9.17) is 4.74 Å². The van der Waals surface area contributed by atoms with Gasteiger partial charge in [-0.25, -0.2) is 0 Å². The maximum atomic E-state index is 11.2. The summed E-state index contributed by atoms with van der Waals surface area (Å²) < 4.78 is 9.85. The minimum absolute atomic E-state index is 0.0212. The monoisotopic (exact) mass is 227 g/mol. The van der Waals surface area contributed by atoms with E-state index in [0.717, 1.165) is 6.42 Å². The largest absolute Gasteiger partial charge is 0.391 e. The van der Waals surface area contributed by atoms with Crippen molar-refractivity contribution in [2.45, 2.75) is 32.4 Å². The van der Waals surface area contributed by atoms with E-state index in [1.807, 2.05) is 4.90 Å². The fourth-order valence-corrected chi connectivity index (χ4v) is 2.68. The molecule has 0 radical (unpaired) electrons. The van der Waals surface area contributed by atoms with Gasteiger partial charge in [0.25, 0.3) is 0 Å². The van der Waals surface area contributed by atoms with Gasteiger partial charge < -0.3 is 9.47 Å². The fourth-order valence-electron chi connectivity index (χ4n) is 2.68. The van der Waals surface area contributed by atoms with Crippen LogP contribution in [0.2, 0.25) is 0 Å². The number of carbonyl (C=O) groups excluding carboxylic acids is 2. The Bertz CT molecular complexity index is 310. The highest BCUT2D eigenvalue weighted by Gasteiger charge is 2.52. The van der Waals surface area contributed by atoms with Crippen LogP contribution >= 0.6 is 0 Å². The third kappa shape index (κ3) is 1.74. The molecule has 1 saturated carbocycles. The summed E-state index contributed by atoms with van der Waals surface area (Å²) in [6, 6.07) is 0.217. The second-order valence-corrected chi connectivity index (χ2v) is 5.05. The van der Waals surface area contributed by atoms with Gasteiger partial charge in [-0.05, 0) is 6.42 Å². The summed E-state index contributed by atoms with van der Waals surface area (Å²) in [5, 5.41) is 0. The molecular weight excluding hydrogens is 210 g/mol. The quantitative estimate of drug-likeness (QED) is 0.498. The molecule has 5 heteroatoms. The van der Waals surface area contributed by atoms with E-state index in [2.05, 4.69) is 18.6 Å². The Morgan fingerprint density at radius 2 is 1.88 bits per heavy atom. The molecule has 2 fully saturated rings. The zero-order valence-electron chi connectivity index (χ0n) is 9.86. The Balaban J connectivity index is 2.04. The van der Waals surface area contributed by atoms with Gasteiger partial charge in [0.1, 0.15) is 0 Å². The number of carbonyl (C=O) groups is 2. The number of cyclic esters (lactones) is 2. The fraction of sp³-hybridized carbons (Fsp3) is 0.818. The molecule has 1 aliphatic carbocycles. The number of hydrogen-bond donors (Lipinski definition) is 0. The first kappa shape index (κ1) is 11.5. The van der Waals surface area contributed by atoms with Crippen molar-refractivity contribution in [2.75, 3.05) is 20.2 Å². The van der Waals surface area contributed by atoms with Crippen molar-refractivity contribution < 1.29 is 19.1 Å². The van der Waals surface area contributed by atoms with Crippen molar-refractivity contribution in [2.24, 2.45) is 5.41 Å². The summed E-state index contributed by atoms with van der Waals surface area (Å²) >= 11 is 0. The first-order valence-electron chi connectivity index (χ1n) is 5.45. The minimum atomic E-state index is -0.451. The molecule has 1 heterocycles. The maximum Gasteiger partial charge on any atom is 0.327 e. The standard InChI is InChI=1S/C11H17NO4/c1-11(2)7(4-8(11)15-3)12-5-9(13)16-10(14)6-12/h7-8H,4-6H2,1-3H3. The molecule has 0 bridgehead atoms. The van der Waals surface area contributed by atoms with Crippen LogP contribution in [-0.4, -0.2) is 49.2 Å². The van der Waals surface area contributed by atoms with Crippen LogP contribution in [0.3, 0.4) is 0 Å². The zero-order chi connectivity index (χ0) is 11.9. The first-order valence-corrected chi connectivity index (χ1v) is 5.45. The van der Waals surface area contributed by atoms with Crippen LogP contribution in [0, 0.1) is 5.41 Å². The van der Waals surface area contributed by atoms with Gasteiger partial charge >= 0.3 is 11.9 Å². The summed E-state index contributed by atoms with van der Waals surface area (Å²) in [4.78, 5) is 24.2. The topological polar surface area (TPSA) is 55.8 Å². The van der Waals surface area contributed by atoms with Crippen LogP contribution in [0.1, 0.15) is 20.3 Å². The lowest BCUT2D eigenvalue weighted by Gasteiger charge is -2.55. The predicted molar refractivity (Wildman–Crippen MR) is 55.7 cm³/mol. The summed E-state index contributed by atoms with van der Waals surface area (Å²) in [7, 11) is 1.69. The zero-order valence-corrected chi connectivity index (χ0v) is 9.86. The molecule has 90 valence electrons. The normalized spacial score (nSPS) is 34.4. The smallest absolute Gasteiger partial charge is 0.327 e. The first-order chi connectivity index (χ1) is 7.45. The molecule has 2 atom stereocenters. The molecule has 0 N–H and O–H groups in total. The van der Waals surface area contributed by atoms with E-state index in [0.29, 0.717) is 0 Å². The predicted octanol–water partition coefficient (Wildman–Crippen LogP) is 0.185. The summed E-state index contributed by atoms with van der Waals surface area (Å²) in [5.41, 5.74) is -0.0212. The number of esters is 2. The summed E-state index contributed by atoms with van der Waals surface area (Å²) in [6.45, 7) is 4.60. The van der Waals surface area contributed by atoms with Crippen molar-refractivity contribution >= 4 is 11.9 Å². The number of nitrogens with zero attached hydrogens (tertiary/aromatic N) is 1. The SMILES string of the molecule is COC1CC(N2CC(=O)OC(=O)C2)C1(C)C. The van der Waals surface area contributed by atoms with Crippen molar-refractivity contribution in [1.29, 1.82) is 0 Å². The van der Waals surface area contributed by atoms with Gasteiger partial charge in [-0.15, -0.1) is 0 Å². The second-order valence-electron chi connectivity index (χ2n) is 5.05. The maximum absolute atomic E-state index is 11.2. The number of morpholine rings is 1. The number of methoxy groups -OCH3 is 1. The van der Waals surface area contributed by atoms with Crippen LogP contribution in [0.4, 0.5) is 0 Å². The molecule has 2 rings (SSSR count). The number of ether oxygens (including phenoxy) is 2. The van der Waals surface area contributed by atoms with Crippen molar-refractivity contribution in [3.63, 3.8) is 0 Å². The molecule has 2 unspecified atom stereocenters. The molecule has 16 heavy (non-hydrogen) atoms. The lowest BCUT2D eigenvalue weighted by Crippen LogP contribution is -2.64. The third-order valence-corrected chi connectivity index (χ3v) is 3.74. The Morgan fingerprint density at radius 3 is 2.31 bits per heavy atom. The van der Waals surface area contributed by atoms with Crippen LogP contribution in [0.25, 0.3) is 0 Å². The van der Waals surface area contributed by atoms with Gasteiger partial charge in [-0.1, -0.05) is 13.8 Å². The van der Waals surface area contributed by atoms with Gasteiger partial charge in [-0.2, -0.15) is 0 Å². The molecule has 0 amide bonds. The Labute approximate surface area is 94.7 Å². The van der Waals surface area contributed by atoms with Crippen LogP contribution in [0.5, 0.6) is 0 Å². The molecule has 1 saturated heterocycles. The molecule has 2 aliphatic rings. The lowest BCUT2D eigenvalue weighted by atomic mass is 9.63. The molecule has 0 aromatic heterocycles. The Kier molecular flexibility index (Phi) is 2.75. The molecule has 5 nitrogen and oxygen atoms in total. The third-order valence-electron chi connectivity index (χ3n) is 3.74. The van der Waals surface area contributed by atoms with Crippen LogP contribution < -0.4 is 0 Å². The van der Waals surface area contributed by atoms with Crippen molar-refractivity contribution in [3.05, 3.63) is 0 Å². The average molecular weight is 227 g/mol. The Hall–Kier alpha value is -0.940. The highest BCUT2D eigenvalue weighted by atomic mass is 16.6. The molecular formula is C11H17NO4. The highest BCUT2D eigenvalue weighted by Crippen LogP contribution is 2.45. The van der Waals surface area contributed by atoms with E-state index in [9.17, 15) is 9.59 Å². The number of rotatable bonds is 2. The second kappa shape index (κ2) is 3.82.